The van der Waals surface area contributed by atoms with Crippen molar-refractivity contribution in [1.29, 1.82) is 0 Å². The van der Waals surface area contributed by atoms with Crippen molar-refractivity contribution in [2.24, 2.45) is 11.7 Å². The van der Waals surface area contributed by atoms with Gasteiger partial charge in [0.2, 0.25) is 6.41 Å². The van der Waals surface area contributed by atoms with Crippen LogP contribution in [-0.4, -0.2) is 39.4 Å². The Morgan fingerprint density at radius 1 is 1.29 bits per heavy atom. The summed E-state index contributed by atoms with van der Waals surface area (Å²) in [7, 11) is 1.98. The van der Waals surface area contributed by atoms with Gasteiger partial charge in [0, 0.05) is 37.3 Å². The maximum absolute atomic E-state index is 10.6. The molecule has 0 saturated heterocycles. The smallest absolute Gasteiger partial charge is 0.207 e. The second-order valence-corrected chi connectivity index (χ2v) is 9.02. The summed E-state index contributed by atoms with van der Waals surface area (Å²) < 4.78 is 2.18. The van der Waals surface area contributed by atoms with Crippen molar-refractivity contribution in [2.45, 2.75) is 37.8 Å². The highest BCUT2D eigenvalue weighted by Gasteiger charge is 2.32. The predicted octanol–water partition coefficient (Wildman–Crippen LogP) is 4.04. The Morgan fingerprint density at radius 2 is 2.10 bits per heavy atom. The minimum absolute atomic E-state index is 0.281. The van der Waals surface area contributed by atoms with Crippen LogP contribution in [0.5, 0.6) is 0 Å². The molecule has 0 radical (unpaired) electrons. The highest BCUT2D eigenvalue weighted by molar-refractivity contribution is 6.35. The molecule has 1 aliphatic heterocycles. The van der Waals surface area contributed by atoms with E-state index in [9.17, 15) is 4.79 Å². The normalized spacial score (nSPS) is 23.2. The van der Waals surface area contributed by atoms with Crippen LogP contribution in [0.25, 0.3) is 28.5 Å². The van der Waals surface area contributed by atoms with Crippen molar-refractivity contribution in [3.8, 4) is 11.4 Å². The Bertz CT molecular complexity index is 1140. The molecule has 162 valence electrons. The number of benzene rings is 1. The molecule has 8 heteroatoms. The van der Waals surface area contributed by atoms with Gasteiger partial charge in [0.05, 0.1) is 21.9 Å². The van der Waals surface area contributed by atoms with Gasteiger partial charge in [-0.05, 0) is 43.7 Å². The molecule has 2 aliphatic rings. The van der Waals surface area contributed by atoms with Crippen molar-refractivity contribution in [1.82, 2.24) is 24.8 Å². The summed E-state index contributed by atoms with van der Waals surface area (Å²) >= 11 is 6.40. The standard InChI is InChI=1S/C23H27ClN6O/c1-29-9-10-30-21(22(29)25)20(18-11-16-3-2-4-17(24)19(16)27-18)28-23(30)15-7-5-14(6-8-15)12-26-13-31/h2-4,9-11,13-15,22,27H,5-8,12,25H2,1H3,(H,26,31)/t14-,15-,22?. The molecular weight excluding hydrogens is 412 g/mol. The molecule has 3 heterocycles. The van der Waals surface area contributed by atoms with Crippen LogP contribution in [0.15, 0.2) is 30.5 Å². The van der Waals surface area contributed by atoms with E-state index in [0.29, 0.717) is 16.9 Å². The third-order valence-electron chi connectivity index (χ3n) is 6.71. The Balaban J connectivity index is 1.54. The van der Waals surface area contributed by atoms with E-state index in [2.05, 4.69) is 27.1 Å². The van der Waals surface area contributed by atoms with Crippen LogP contribution < -0.4 is 11.1 Å². The average Bonchev–Trinajstić information content (AvgIpc) is 3.38. The van der Waals surface area contributed by atoms with E-state index in [0.717, 1.165) is 72.4 Å². The topological polar surface area (TPSA) is 92.0 Å². The quantitative estimate of drug-likeness (QED) is 0.524. The van der Waals surface area contributed by atoms with Gasteiger partial charge in [0.15, 0.2) is 0 Å². The molecule has 5 rings (SSSR count). The Morgan fingerprint density at radius 3 is 2.84 bits per heavy atom. The van der Waals surface area contributed by atoms with Crippen molar-refractivity contribution in [3.63, 3.8) is 0 Å². The van der Waals surface area contributed by atoms with Crippen LogP contribution in [-0.2, 0) is 4.79 Å². The number of halogens is 1. The number of imidazole rings is 1. The monoisotopic (exact) mass is 438 g/mol. The van der Waals surface area contributed by atoms with Crippen LogP contribution in [0.2, 0.25) is 5.02 Å². The number of aromatic amines is 1. The number of amides is 1. The van der Waals surface area contributed by atoms with Crippen molar-refractivity contribution in [2.75, 3.05) is 13.6 Å². The van der Waals surface area contributed by atoms with Gasteiger partial charge in [-0.15, -0.1) is 0 Å². The summed E-state index contributed by atoms with van der Waals surface area (Å²) in [5.41, 5.74) is 10.3. The molecule has 1 aliphatic carbocycles. The minimum Gasteiger partial charge on any atom is -0.359 e. The molecule has 1 saturated carbocycles. The Kier molecular flexibility index (Phi) is 5.24. The molecule has 0 bridgehead atoms. The van der Waals surface area contributed by atoms with Crippen LogP contribution in [0.4, 0.5) is 0 Å². The average molecular weight is 439 g/mol. The van der Waals surface area contributed by atoms with E-state index in [4.69, 9.17) is 22.3 Å². The van der Waals surface area contributed by atoms with Crippen LogP contribution in [0.3, 0.4) is 0 Å². The van der Waals surface area contributed by atoms with Gasteiger partial charge in [0.1, 0.15) is 17.7 Å². The second-order valence-electron chi connectivity index (χ2n) is 8.61. The lowest BCUT2D eigenvalue weighted by Gasteiger charge is -2.31. The maximum atomic E-state index is 10.6. The molecule has 3 aromatic rings. The first-order chi connectivity index (χ1) is 15.1. The van der Waals surface area contributed by atoms with Gasteiger partial charge < -0.3 is 25.5 Å². The number of H-pyrrole nitrogens is 1. The van der Waals surface area contributed by atoms with Crippen LogP contribution >= 0.6 is 11.6 Å². The van der Waals surface area contributed by atoms with Gasteiger partial charge in [-0.25, -0.2) is 4.98 Å². The zero-order valence-electron chi connectivity index (χ0n) is 17.5. The van der Waals surface area contributed by atoms with Crippen molar-refractivity contribution in [3.05, 3.63) is 47.0 Å². The van der Waals surface area contributed by atoms with Gasteiger partial charge in [-0.3, -0.25) is 4.79 Å². The van der Waals surface area contributed by atoms with E-state index in [1.165, 1.54) is 0 Å². The zero-order valence-corrected chi connectivity index (χ0v) is 18.3. The summed E-state index contributed by atoms with van der Waals surface area (Å²) in [6, 6.07) is 7.99. The molecule has 1 atom stereocenters. The fourth-order valence-electron chi connectivity index (χ4n) is 4.93. The molecule has 1 fully saturated rings. The fraction of sp³-hybridized carbons (Fsp3) is 0.391. The number of para-hydroxylation sites is 1. The first-order valence-corrected chi connectivity index (χ1v) is 11.2. The zero-order chi connectivity index (χ0) is 21.5. The molecule has 2 aromatic heterocycles. The number of nitrogens with one attached hydrogen (secondary N) is 2. The summed E-state index contributed by atoms with van der Waals surface area (Å²) in [6.07, 6.45) is 8.86. The molecular formula is C23H27ClN6O. The first-order valence-electron chi connectivity index (χ1n) is 10.8. The maximum Gasteiger partial charge on any atom is 0.207 e. The first kappa shape index (κ1) is 20.2. The Labute approximate surface area is 186 Å². The van der Waals surface area contributed by atoms with Crippen molar-refractivity contribution < 1.29 is 4.79 Å². The lowest BCUT2D eigenvalue weighted by Crippen LogP contribution is -2.32. The summed E-state index contributed by atoms with van der Waals surface area (Å²) in [4.78, 5) is 21.2. The number of carbonyl (C=O) groups excluding carboxylic acids is 1. The minimum atomic E-state index is -0.281. The number of hydrogen-bond donors (Lipinski definition) is 3. The fourth-order valence-corrected chi connectivity index (χ4v) is 5.16. The molecule has 1 aromatic carbocycles. The van der Waals surface area contributed by atoms with Crippen LogP contribution in [0, 0.1) is 5.92 Å². The SMILES string of the molecule is CN1C=Cn2c(c(-c3cc4cccc(Cl)c4[nH]3)nc2[C@H]2CC[C@H](CNC=O)CC2)C1N. The van der Waals surface area contributed by atoms with Crippen molar-refractivity contribution >= 4 is 35.1 Å². The Hall–Kier alpha value is -2.77. The number of carbonyl (C=O) groups is 1. The lowest BCUT2D eigenvalue weighted by molar-refractivity contribution is -0.109. The van der Waals surface area contributed by atoms with E-state index in [1.54, 1.807) is 0 Å². The van der Waals surface area contributed by atoms with E-state index < -0.39 is 0 Å². The van der Waals surface area contributed by atoms with Gasteiger partial charge in [-0.2, -0.15) is 0 Å². The van der Waals surface area contributed by atoms with E-state index in [-0.39, 0.29) is 6.17 Å². The summed E-state index contributed by atoms with van der Waals surface area (Å²) in [6.45, 7) is 0.757. The molecule has 31 heavy (non-hydrogen) atoms. The highest BCUT2D eigenvalue weighted by atomic mass is 35.5. The largest absolute Gasteiger partial charge is 0.359 e. The number of fused-ring (bicyclic) bond motifs is 2. The van der Waals surface area contributed by atoms with Gasteiger partial charge in [0.25, 0.3) is 0 Å². The number of aromatic nitrogens is 3. The number of hydrogen-bond acceptors (Lipinski definition) is 4. The van der Waals surface area contributed by atoms with Gasteiger partial charge in [-0.1, -0.05) is 23.7 Å². The third-order valence-corrected chi connectivity index (χ3v) is 7.02. The summed E-state index contributed by atoms with van der Waals surface area (Å²) in [5.74, 6) is 1.97. The van der Waals surface area contributed by atoms with E-state index >= 15 is 0 Å². The molecule has 0 spiro atoms. The molecule has 1 amide bonds. The molecule has 7 nitrogen and oxygen atoms in total. The number of nitrogens with zero attached hydrogens (tertiary/aromatic N) is 3. The summed E-state index contributed by atoms with van der Waals surface area (Å²) in [5, 5.41) is 4.58. The molecule has 1 unspecified atom stereocenters. The van der Waals surface area contributed by atoms with E-state index in [1.807, 2.05) is 36.3 Å². The van der Waals surface area contributed by atoms with Gasteiger partial charge >= 0.3 is 0 Å². The third kappa shape index (κ3) is 3.51. The predicted molar refractivity (Wildman–Crippen MR) is 123 cm³/mol. The molecule has 4 N–H and O–H groups in total. The number of nitrogens with two attached hydrogens (primary N) is 1. The van der Waals surface area contributed by atoms with Crippen LogP contribution in [0.1, 0.15) is 49.3 Å². The lowest BCUT2D eigenvalue weighted by atomic mass is 9.81. The highest BCUT2D eigenvalue weighted by Crippen LogP contribution is 2.41. The number of rotatable bonds is 5. The second kappa shape index (κ2) is 8.05.